The number of aryl methyl sites for hydroxylation is 1. The molecule has 0 aliphatic heterocycles. The van der Waals surface area contributed by atoms with Crippen LogP contribution in [0.15, 0.2) is 54.6 Å². The molecule has 0 fully saturated rings. The molecular weight excluding hydrogens is 234 g/mol. The van der Waals surface area contributed by atoms with Crippen molar-refractivity contribution in [3.8, 4) is 11.8 Å². The fraction of sp³-hybridized carbons (Fsp3) is 0.118. The van der Waals surface area contributed by atoms with E-state index in [-0.39, 0.29) is 0 Å². The fourth-order valence-corrected chi connectivity index (χ4v) is 1.67. The van der Waals surface area contributed by atoms with Crippen molar-refractivity contribution in [2.45, 2.75) is 6.92 Å². The average molecular weight is 249 g/mol. The van der Waals surface area contributed by atoms with Gasteiger partial charge in [-0.05, 0) is 42.8 Å². The van der Waals surface area contributed by atoms with Gasteiger partial charge in [0.1, 0.15) is 12.4 Å². The molecule has 2 heteroatoms. The first-order chi connectivity index (χ1) is 9.28. The highest BCUT2D eigenvalue weighted by atomic mass is 16.5. The summed E-state index contributed by atoms with van der Waals surface area (Å²) in [6.07, 6.45) is 3.89. The predicted molar refractivity (Wildman–Crippen MR) is 76.9 cm³/mol. The van der Waals surface area contributed by atoms with Crippen LogP contribution in [0.2, 0.25) is 0 Å². The molecule has 0 N–H and O–H groups in total. The summed E-state index contributed by atoms with van der Waals surface area (Å²) in [6.45, 7) is 2.56. The Morgan fingerprint density at radius 1 is 1.16 bits per heavy atom. The SMILES string of the molecule is Cc1ccc(OC/C=C/c2cccc(C#N)c2)cc1. The third-order valence-corrected chi connectivity index (χ3v) is 2.69. The molecule has 0 heterocycles. The maximum Gasteiger partial charge on any atom is 0.119 e. The highest BCUT2D eigenvalue weighted by Gasteiger charge is 1.92. The Labute approximate surface area is 113 Å². The van der Waals surface area contributed by atoms with Crippen molar-refractivity contribution < 1.29 is 4.74 Å². The normalized spacial score (nSPS) is 10.3. The number of nitriles is 1. The van der Waals surface area contributed by atoms with E-state index in [4.69, 9.17) is 10.00 Å². The van der Waals surface area contributed by atoms with Crippen molar-refractivity contribution in [1.29, 1.82) is 5.26 Å². The fourth-order valence-electron chi connectivity index (χ4n) is 1.67. The van der Waals surface area contributed by atoms with Crippen LogP contribution in [0.1, 0.15) is 16.7 Å². The van der Waals surface area contributed by atoms with Gasteiger partial charge in [0.2, 0.25) is 0 Å². The van der Waals surface area contributed by atoms with E-state index < -0.39 is 0 Å². The van der Waals surface area contributed by atoms with Gasteiger partial charge in [0, 0.05) is 0 Å². The lowest BCUT2D eigenvalue weighted by Crippen LogP contribution is -1.92. The van der Waals surface area contributed by atoms with Crippen LogP contribution in [0.5, 0.6) is 5.75 Å². The van der Waals surface area contributed by atoms with E-state index >= 15 is 0 Å². The van der Waals surface area contributed by atoms with Crippen LogP contribution in [0.25, 0.3) is 6.08 Å². The Morgan fingerprint density at radius 2 is 1.95 bits per heavy atom. The highest BCUT2D eigenvalue weighted by Crippen LogP contribution is 2.11. The quantitative estimate of drug-likeness (QED) is 0.821. The molecule has 2 rings (SSSR count). The Balaban J connectivity index is 1.90. The zero-order valence-corrected chi connectivity index (χ0v) is 10.8. The van der Waals surface area contributed by atoms with E-state index in [2.05, 4.69) is 6.07 Å². The number of hydrogen-bond donors (Lipinski definition) is 0. The molecule has 2 nitrogen and oxygen atoms in total. The van der Waals surface area contributed by atoms with Gasteiger partial charge in [-0.1, -0.05) is 35.9 Å². The lowest BCUT2D eigenvalue weighted by Gasteiger charge is -2.02. The monoisotopic (exact) mass is 249 g/mol. The molecule has 19 heavy (non-hydrogen) atoms. The van der Waals surface area contributed by atoms with Gasteiger partial charge >= 0.3 is 0 Å². The Bertz CT molecular complexity index is 606. The molecular formula is C17H15NO. The summed E-state index contributed by atoms with van der Waals surface area (Å²) < 4.78 is 5.59. The van der Waals surface area contributed by atoms with E-state index in [1.165, 1.54) is 5.56 Å². The number of benzene rings is 2. The summed E-state index contributed by atoms with van der Waals surface area (Å²) in [4.78, 5) is 0. The first kappa shape index (κ1) is 12.9. The van der Waals surface area contributed by atoms with E-state index in [0.29, 0.717) is 12.2 Å². The molecule has 0 amide bonds. The van der Waals surface area contributed by atoms with Crippen molar-refractivity contribution in [3.05, 3.63) is 71.3 Å². The van der Waals surface area contributed by atoms with Gasteiger partial charge in [-0.15, -0.1) is 0 Å². The number of hydrogen-bond acceptors (Lipinski definition) is 2. The smallest absolute Gasteiger partial charge is 0.119 e. The van der Waals surface area contributed by atoms with Gasteiger partial charge in [-0.25, -0.2) is 0 Å². The molecule has 94 valence electrons. The minimum atomic E-state index is 0.514. The van der Waals surface area contributed by atoms with Gasteiger partial charge in [-0.3, -0.25) is 0 Å². The molecule has 0 saturated carbocycles. The molecule has 0 atom stereocenters. The molecule has 0 unspecified atom stereocenters. The first-order valence-corrected chi connectivity index (χ1v) is 6.14. The Hall–Kier alpha value is -2.53. The molecule has 0 aliphatic rings. The Kier molecular flexibility index (Phi) is 4.36. The minimum absolute atomic E-state index is 0.514. The lowest BCUT2D eigenvalue weighted by atomic mass is 10.1. The highest BCUT2D eigenvalue weighted by molar-refractivity contribution is 5.52. The average Bonchev–Trinajstić information content (AvgIpc) is 2.46. The summed E-state index contributed by atoms with van der Waals surface area (Å²) in [5, 5.41) is 8.81. The summed E-state index contributed by atoms with van der Waals surface area (Å²) in [5.74, 6) is 0.862. The van der Waals surface area contributed by atoms with Crippen molar-refractivity contribution in [1.82, 2.24) is 0 Å². The lowest BCUT2D eigenvalue weighted by molar-refractivity contribution is 0.363. The Morgan fingerprint density at radius 3 is 2.68 bits per heavy atom. The first-order valence-electron chi connectivity index (χ1n) is 6.14. The van der Waals surface area contributed by atoms with Crippen LogP contribution in [-0.2, 0) is 0 Å². The molecule has 0 spiro atoms. The standard InChI is InChI=1S/C17H15NO/c1-14-7-9-17(10-8-14)19-11-3-6-15-4-2-5-16(12-15)13-18/h2-10,12H,11H2,1H3/b6-3+. The summed E-state index contributed by atoms with van der Waals surface area (Å²) >= 11 is 0. The molecule has 0 aliphatic carbocycles. The van der Waals surface area contributed by atoms with E-state index in [9.17, 15) is 0 Å². The molecule has 2 aromatic rings. The summed E-state index contributed by atoms with van der Waals surface area (Å²) in [6, 6.07) is 17.6. The van der Waals surface area contributed by atoms with Crippen LogP contribution in [0.4, 0.5) is 0 Å². The predicted octanol–water partition coefficient (Wildman–Crippen LogP) is 3.96. The largest absolute Gasteiger partial charge is 0.490 e. The van der Waals surface area contributed by atoms with Crippen LogP contribution < -0.4 is 4.74 Å². The molecule has 2 aromatic carbocycles. The van der Waals surface area contributed by atoms with Gasteiger partial charge in [0.25, 0.3) is 0 Å². The summed E-state index contributed by atoms with van der Waals surface area (Å²) in [7, 11) is 0. The summed E-state index contributed by atoms with van der Waals surface area (Å²) in [5.41, 5.74) is 2.89. The van der Waals surface area contributed by atoms with Gasteiger partial charge < -0.3 is 4.74 Å². The second-order valence-corrected chi connectivity index (χ2v) is 4.26. The third kappa shape index (κ3) is 4.01. The van der Waals surface area contributed by atoms with Crippen LogP contribution in [0, 0.1) is 18.3 Å². The van der Waals surface area contributed by atoms with Gasteiger partial charge in [-0.2, -0.15) is 5.26 Å². The zero-order valence-electron chi connectivity index (χ0n) is 10.8. The molecule has 0 aromatic heterocycles. The second-order valence-electron chi connectivity index (χ2n) is 4.26. The molecule has 0 saturated heterocycles. The van der Waals surface area contributed by atoms with Crippen molar-refractivity contribution in [2.75, 3.05) is 6.61 Å². The van der Waals surface area contributed by atoms with Crippen LogP contribution >= 0.6 is 0 Å². The number of rotatable bonds is 4. The molecule has 0 radical (unpaired) electrons. The maximum absolute atomic E-state index is 8.81. The minimum Gasteiger partial charge on any atom is -0.490 e. The third-order valence-electron chi connectivity index (χ3n) is 2.69. The van der Waals surface area contributed by atoms with Gasteiger partial charge in [0.15, 0.2) is 0 Å². The second kappa shape index (κ2) is 6.42. The van der Waals surface area contributed by atoms with E-state index in [1.54, 1.807) is 6.07 Å². The van der Waals surface area contributed by atoms with Crippen LogP contribution in [-0.4, -0.2) is 6.61 Å². The van der Waals surface area contributed by atoms with Crippen molar-refractivity contribution in [2.24, 2.45) is 0 Å². The van der Waals surface area contributed by atoms with Crippen molar-refractivity contribution >= 4 is 6.08 Å². The maximum atomic E-state index is 8.81. The number of ether oxygens (including phenoxy) is 1. The number of nitrogens with zero attached hydrogens (tertiary/aromatic N) is 1. The van der Waals surface area contributed by atoms with Gasteiger partial charge in [0.05, 0.1) is 11.6 Å². The van der Waals surface area contributed by atoms with Crippen LogP contribution in [0.3, 0.4) is 0 Å². The van der Waals surface area contributed by atoms with Crippen molar-refractivity contribution in [3.63, 3.8) is 0 Å². The topological polar surface area (TPSA) is 33.0 Å². The van der Waals surface area contributed by atoms with E-state index in [0.717, 1.165) is 11.3 Å². The molecule has 0 bridgehead atoms. The zero-order chi connectivity index (χ0) is 13.5. The van der Waals surface area contributed by atoms with E-state index in [1.807, 2.05) is 61.5 Å².